The Morgan fingerprint density at radius 2 is 0.926 bits per heavy atom. The molecule has 3 rings (SSSR count). The van der Waals surface area contributed by atoms with E-state index in [0.717, 1.165) is 0 Å². The molecule has 0 spiro atoms. The van der Waals surface area contributed by atoms with Gasteiger partial charge in [0.2, 0.25) is 0 Å². The minimum Gasteiger partial charge on any atom is -0.387 e. The van der Waals surface area contributed by atoms with Gasteiger partial charge >= 0.3 is 5.91 Å². The van der Waals surface area contributed by atoms with E-state index in [0.29, 0.717) is 38.9 Å². The molecule has 0 unspecified atom stereocenters. The Morgan fingerprint density at radius 1 is 0.556 bits per heavy atom. The molecule has 0 atom stereocenters. The quantitative estimate of drug-likeness (QED) is 0.0465. The van der Waals surface area contributed by atoms with E-state index in [-0.39, 0.29) is 105 Å². The lowest BCUT2D eigenvalue weighted by atomic mass is 10.2. The first-order valence-electron chi connectivity index (χ1n) is 15.5. The fraction of sp³-hybridized carbons (Fsp3) is 0.333. The molecule has 3 heterocycles. The number of guanidine groups is 2. The average Bonchev–Trinajstić information content (AvgIpc) is 3.09. The van der Waals surface area contributed by atoms with Crippen LogP contribution >= 0.6 is 34.8 Å². The number of carbonyl (C=O) groups excluding carboxylic acids is 3. The monoisotopic (exact) mass is 809 g/mol. The number of amidine groups is 1. The molecule has 3 aromatic rings. The highest BCUT2D eigenvalue weighted by molar-refractivity contribution is 6.32. The van der Waals surface area contributed by atoms with Gasteiger partial charge in [-0.05, 0) is 38.9 Å². The smallest absolute Gasteiger partial charge is 0.301 e. The van der Waals surface area contributed by atoms with Crippen molar-refractivity contribution in [1.29, 1.82) is 0 Å². The molecule has 3 aromatic heterocycles. The van der Waals surface area contributed by atoms with Crippen molar-refractivity contribution in [3.63, 3.8) is 0 Å². The van der Waals surface area contributed by atoms with Crippen molar-refractivity contribution in [3.8, 4) is 0 Å². The van der Waals surface area contributed by atoms with Crippen molar-refractivity contribution >= 4 is 105 Å². The number of amides is 3. The Morgan fingerprint density at radius 3 is 1.35 bits per heavy atom. The normalized spacial score (nSPS) is 12.2. The maximum absolute atomic E-state index is 12.6. The van der Waals surface area contributed by atoms with Crippen LogP contribution in [0.3, 0.4) is 0 Å². The Balaban J connectivity index is 1.59. The maximum atomic E-state index is 12.6. The fourth-order valence-corrected chi connectivity index (χ4v) is 4.67. The Hall–Kier alpha value is -6.11. The van der Waals surface area contributed by atoms with Crippen LogP contribution in [0.25, 0.3) is 0 Å². The van der Waals surface area contributed by atoms with Gasteiger partial charge in [-0.1, -0.05) is 34.8 Å². The zero-order chi connectivity index (χ0) is 40.1. The van der Waals surface area contributed by atoms with Gasteiger partial charge in [-0.2, -0.15) is 4.99 Å². The molecule has 54 heavy (non-hydrogen) atoms. The van der Waals surface area contributed by atoms with Gasteiger partial charge in [0.25, 0.3) is 11.8 Å². The number of nitrogens with one attached hydrogen (secondary N) is 2. The number of nitrogens with two attached hydrogens (primary N) is 9. The summed E-state index contributed by atoms with van der Waals surface area (Å²) in [5, 5.41) is 4.14. The summed E-state index contributed by atoms with van der Waals surface area (Å²) in [6, 6.07) is 0. The lowest BCUT2D eigenvalue weighted by molar-refractivity contribution is 0.0964. The molecule has 0 aromatic carbocycles. The van der Waals surface area contributed by atoms with Crippen LogP contribution in [-0.2, 0) is 0 Å². The van der Waals surface area contributed by atoms with Gasteiger partial charge in [-0.15, -0.1) is 0 Å². The summed E-state index contributed by atoms with van der Waals surface area (Å²) in [6.45, 7) is 1.95. The number of carbonyl (C=O) groups is 3. The van der Waals surface area contributed by atoms with Crippen LogP contribution in [0, 0.1) is 0 Å². The van der Waals surface area contributed by atoms with E-state index in [1.165, 1.54) is 0 Å². The lowest BCUT2D eigenvalue weighted by Gasteiger charge is -2.21. The number of nitrogen functional groups attached to an aromatic ring is 6. The van der Waals surface area contributed by atoms with E-state index < -0.39 is 17.7 Å². The van der Waals surface area contributed by atoms with Crippen molar-refractivity contribution < 1.29 is 14.4 Å². The molecular weight excluding hydrogens is 773 g/mol. The molecule has 3 amide bonds. The van der Waals surface area contributed by atoms with Crippen LogP contribution < -0.4 is 62.2 Å². The van der Waals surface area contributed by atoms with Crippen LogP contribution in [0.1, 0.15) is 57.1 Å². The molecule has 0 aliphatic carbocycles. The first-order valence-corrected chi connectivity index (χ1v) is 16.7. The topological polar surface area (TPSA) is 427 Å². The van der Waals surface area contributed by atoms with Crippen LogP contribution in [0.4, 0.5) is 34.9 Å². The fourth-order valence-electron chi connectivity index (χ4n) is 4.29. The van der Waals surface area contributed by atoms with E-state index in [1.54, 1.807) is 0 Å². The number of halogens is 3. The van der Waals surface area contributed by atoms with Crippen LogP contribution in [-0.4, -0.2) is 103 Å². The zero-order valence-corrected chi connectivity index (χ0v) is 30.7. The second-order valence-electron chi connectivity index (χ2n) is 10.9. The summed E-state index contributed by atoms with van der Waals surface area (Å²) in [4.78, 5) is 74.6. The molecule has 0 bridgehead atoms. The summed E-state index contributed by atoms with van der Waals surface area (Å²) in [7, 11) is 0. The standard InChI is InChI=1S/C27H38Cl3N21O3/c28-14-20(35)46-17(32)11(43-14)23(52)42-10(31)4-1-7-51(8-2-5-40-26(38)49-24(53)12-18(33)47-21(36)15(29)44-12)9-3-6-41-27(39)50-25(54)13-19(34)48-22(37)16(30)45-13/h1-9H2,(H2,31,42,52)(H4,32,35,46)(H4,33,36,47)(H4,34,37,48)(H3,38,40,49,53)(H3,39,41,50,54). The van der Waals surface area contributed by atoms with E-state index in [1.807, 2.05) is 0 Å². The van der Waals surface area contributed by atoms with Crippen molar-refractivity contribution in [3.05, 3.63) is 32.5 Å². The third kappa shape index (κ3) is 12.5. The van der Waals surface area contributed by atoms with Crippen molar-refractivity contribution in [2.24, 2.45) is 32.2 Å². The largest absolute Gasteiger partial charge is 0.387 e. The summed E-state index contributed by atoms with van der Waals surface area (Å²) < 4.78 is 0. The molecule has 290 valence electrons. The summed E-state index contributed by atoms with van der Waals surface area (Å²) in [5.74, 6) is -3.85. The van der Waals surface area contributed by atoms with Crippen molar-refractivity contribution in [1.82, 2.24) is 45.4 Å². The first-order chi connectivity index (χ1) is 25.5. The van der Waals surface area contributed by atoms with Crippen LogP contribution in [0.5, 0.6) is 0 Å². The number of aliphatic imine (C=N–C) groups is 3. The molecule has 0 aliphatic heterocycles. The van der Waals surface area contributed by atoms with E-state index >= 15 is 0 Å². The molecule has 24 nitrogen and oxygen atoms in total. The molecule has 0 saturated heterocycles. The zero-order valence-electron chi connectivity index (χ0n) is 28.4. The highest BCUT2D eigenvalue weighted by Crippen LogP contribution is 2.19. The molecule has 0 saturated carbocycles. The first kappa shape index (κ1) is 42.3. The number of hydrogen-bond donors (Lipinski definition) is 11. The third-order valence-corrected chi connectivity index (χ3v) is 7.65. The van der Waals surface area contributed by atoms with Crippen LogP contribution in [0.15, 0.2) is 15.0 Å². The Kier molecular flexibility index (Phi) is 15.4. The number of rotatable bonds is 15. The van der Waals surface area contributed by atoms with Gasteiger partial charge in [-0.25, -0.2) is 29.9 Å². The summed E-state index contributed by atoms with van der Waals surface area (Å²) in [6.07, 6.45) is 1.71. The van der Waals surface area contributed by atoms with Crippen molar-refractivity contribution in [2.45, 2.75) is 25.7 Å². The lowest BCUT2D eigenvalue weighted by Crippen LogP contribution is -2.38. The summed E-state index contributed by atoms with van der Waals surface area (Å²) >= 11 is 17.5. The Bertz CT molecular complexity index is 1880. The predicted molar refractivity (Wildman–Crippen MR) is 206 cm³/mol. The van der Waals surface area contributed by atoms with Gasteiger partial charge in [0.05, 0.1) is 0 Å². The van der Waals surface area contributed by atoms with E-state index in [9.17, 15) is 14.4 Å². The number of nitrogens with zero attached hydrogens (tertiary/aromatic N) is 10. The van der Waals surface area contributed by atoms with Gasteiger partial charge in [0.15, 0.2) is 79.4 Å². The molecule has 0 aliphatic rings. The molecule has 20 N–H and O–H groups in total. The number of aromatic nitrogens is 6. The molecule has 0 fully saturated rings. The minimum atomic E-state index is -0.829. The molecule has 27 heteroatoms. The predicted octanol–water partition coefficient (Wildman–Crippen LogP) is -1.64. The third-order valence-electron chi connectivity index (χ3n) is 6.81. The van der Waals surface area contributed by atoms with Crippen molar-refractivity contribution in [2.75, 3.05) is 67.1 Å². The molecule has 0 radical (unpaired) electrons. The summed E-state index contributed by atoms with van der Waals surface area (Å²) in [5.41, 5.74) is 50.7. The van der Waals surface area contributed by atoms with Crippen LogP contribution in [0.2, 0.25) is 15.5 Å². The number of anilines is 6. The van der Waals surface area contributed by atoms with Gasteiger partial charge in [0, 0.05) is 19.5 Å². The van der Waals surface area contributed by atoms with E-state index in [4.69, 9.17) is 86.4 Å². The van der Waals surface area contributed by atoms with Gasteiger partial charge in [-0.3, -0.25) is 35.0 Å². The average molecular weight is 811 g/mol. The highest BCUT2D eigenvalue weighted by Gasteiger charge is 2.19. The van der Waals surface area contributed by atoms with E-state index in [2.05, 4.69) is 60.4 Å². The highest BCUT2D eigenvalue weighted by atomic mass is 35.5. The van der Waals surface area contributed by atoms with Gasteiger partial charge < -0.3 is 56.5 Å². The molecular formula is C27H38Cl3N21O3. The van der Waals surface area contributed by atoms with Gasteiger partial charge in [0.1, 0.15) is 5.84 Å². The second kappa shape index (κ2) is 19.6. The Labute approximate surface area is 321 Å². The maximum Gasteiger partial charge on any atom is 0.301 e. The SMILES string of the molecule is NC(CCCN(CCCN=C(N)NC(=O)c1nc(Cl)c(N)nc1N)CCCN=C(N)NC(=O)c1nc(Cl)c(N)nc1N)=NC(=O)c1nc(Cl)c(N)nc1N. The second-order valence-corrected chi connectivity index (χ2v) is 12.0. The minimum absolute atomic E-state index is 0.0239. The number of hydrogen-bond acceptors (Lipinski definition) is 18.